The second kappa shape index (κ2) is 8.23. The average molecular weight is 344 g/mol. The van der Waals surface area contributed by atoms with E-state index < -0.39 is 23.8 Å². The minimum absolute atomic E-state index is 0.0796. The van der Waals surface area contributed by atoms with Gasteiger partial charge in [-0.2, -0.15) is 0 Å². The van der Waals surface area contributed by atoms with Crippen LogP contribution in [0.4, 0.5) is 0 Å². The number of rotatable bonds is 7. The molecule has 0 saturated heterocycles. The van der Waals surface area contributed by atoms with Gasteiger partial charge in [0.2, 0.25) is 0 Å². The van der Waals surface area contributed by atoms with Crippen LogP contribution in [0.25, 0.3) is 0 Å². The van der Waals surface area contributed by atoms with Gasteiger partial charge in [0.1, 0.15) is 0 Å². The molecular weight excluding hydrogens is 324 g/mol. The van der Waals surface area contributed by atoms with E-state index in [1.807, 2.05) is 6.07 Å². The second-order valence-electron chi connectivity index (χ2n) is 5.53. The number of benzene rings is 1. The smallest absolute Gasteiger partial charge is 0.320 e. The molecule has 0 aliphatic carbocycles. The van der Waals surface area contributed by atoms with Crippen LogP contribution in [0.15, 0.2) is 42.7 Å². The number of hydrogen-bond donors (Lipinski definition) is 0. The van der Waals surface area contributed by atoms with E-state index in [0.29, 0.717) is 5.56 Å². The maximum absolute atomic E-state index is 12.6. The number of nitrogens with zero attached hydrogens (tertiary/aromatic N) is 2. The molecule has 0 N–H and O–H groups in total. The topological polar surface area (TPSA) is 87.5 Å². The minimum atomic E-state index is -1.23. The van der Waals surface area contributed by atoms with Gasteiger partial charge in [0.05, 0.1) is 14.2 Å². The summed E-state index contributed by atoms with van der Waals surface area (Å²) in [7, 11) is 4.09. The van der Waals surface area contributed by atoms with Crippen molar-refractivity contribution in [3.05, 3.63) is 54.1 Å². The van der Waals surface area contributed by atoms with Crippen molar-refractivity contribution < 1.29 is 23.9 Å². The number of carbonyl (C=O) groups is 3. The fourth-order valence-corrected chi connectivity index (χ4v) is 2.73. The molecule has 1 atom stereocenters. The first-order valence-electron chi connectivity index (χ1n) is 7.70. The largest absolute Gasteiger partial charge is 0.468 e. The number of esters is 2. The molecule has 132 valence electrons. The Bertz CT molecular complexity index is 738. The van der Waals surface area contributed by atoms with Gasteiger partial charge in [-0.1, -0.05) is 30.3 Å². The molecule has 0 spiro atoms. The first-order valence-corrected chi connectivity index (χ1v) is 7.70. The lowest BCUT2D eigenvalue weighted by Gasteiger charge is -2.23. The summed E-state index contributed by atoms with van der Waals surface area (Å²) in [5, 5.41) is 0. The summed E-state index contributed by atoms with van der Waals surface area (Å²) in [5.74, 6) is -3.46. The van der Waals surface area contributed by atoms with Crippen LogP contribution < -0.4 is 0 Å². The number of imidazole rings is 1. The fourth-order valence-electron chi connectivity index (χ4n) is 2.73. The normalized spacial score (nSPS) is 11.8. The maximum Gasteiger partial charge on any atom is 0.320 e. The first kappa shape index (κ1) is 18.4. The number of hydrogen-bond acceptors (Lipinski definition) is 6. The Hall–Kier alpha value is -2.96. The third kappa shape index (κ3) is 4.12. The van der Waals surface area contributed by atoms with Crippen molar-refractivity contribution >= 4 is 17.7 Å². The molecule has 2 rings (SSSR count). The van der Waals surface area contributed by atoms with Gasteiger partial charge in [-0.15, -0.1) is 0 Å². The summed E-state index contributed by atoms with van der Waals surface area (Å²) in [6.07, 6.45) is 3.09. The van der Waals surface area contributed by atoms with Crippen molar-refractivity contribution in [2.24, 2.45) is 13.0 Å². The van der Waals surface area contributed by atoms with Crippen LogP contribution in [0, 0.1) is 5.92 Å². The predicted octanol–water partition coefficient (Wildman–Crippen LogP) is 1.74. The highest BCUT2D eigenvalue weighted by Gasteiger charge is 2.39. The van der Waals surface area contributed by atoms with E-state index in [1.54, 1.807) is 42.1 Å². The lowest BCUT2D eigenvalue weighted by Crippen LogP contribution is -2.33. The molecule has 0 unspecified atom stereocenters. The Labute approximate surface area is 145 Å². The molecule has 1 aromatic heterocycles. The highest BCUT2D eigenvalue weighted by Crippen LogP contribution is 2.31. The lowest BCUT2D eigenvalue weighted by molar-refractivity contribution is -0.159. The van der Waals surface area contributed by atoms with Crippen LogP contribution in [-0.2, 0) is 26.1 Å². The van der Waals surface area contributed by atoms with Crippen LogP contribution in [-0.4, -0.2) is 41.5 Å². The van der Waals surface area contributed by atoms with Crippen molar-refractivity contribution in [2.45, 2.75) is 12.3 Å². The molecule has 2 aromatic rings. The van der Waals surface area contributed by atoms with Gasteiger partial charge in [-0.05, 0) is 5.56 Å². The molecule has 1 heterocycles. The quantitative estimate of drug-likeness (QED) is 0.432. The van der Waals surface area contributed by atoms with Crippen molar-refractivity contribution in [1.29, 1.82) is 0 Å². The van der Waals surface area contributed by atoms with Crippen molar-refractivity contribution in [3.8, 4) is 0 Å². The number of methoxy groups -OCH3 is 2. The molecule has 0 fully saturated rings. The number of aryl methyl sites for hydroxylation is 1. The van der Waals surface area contributed by atoms with Crippen LogP contribution in [0.1, 0.15) is 28.5 Å². The molecule has 0 saturated carbocycles. The van der Waals surface area contributed by atoms with Gasteiger partial charge < -0.3 is 14.0 Å². The molecule has 0 radical (unpaired) electrons. The molecule has 1 aromatic carbocycles. The predicted molar refractivity (Wildman–Crippen MR) is 88.9 cm³/mol. The SMILES string of the molecule is COC(=O)C(C(=O)OC)[C@@H](CC(=O)c1nccn1C)c1ccccc1. The molecular formula is C18H20N2O5. The molecule has 0 bridgehead atoms. The first-order chi connectivity index (χ1) is 12.0. The molecule has 25 heavy (non-hydrogen) atoms. The van der Waals surface area contributed by atoms with Gasteiger partial charge in [0, 0.05) is 31.8 Å². The number of ketones is 1. The molecule has 0 amide bonds. The summed E-state index contributed by atoms with van der Waals surface area (Å²) in [5.41, 5.74) is 0.672. The molecule has 0 aliphatic heterocycles. The van der Waals surface area contributed by atoms with E-state index in [1.165, 1.54) is 20.4 Å². The van der Waals surface area contributed by atoms with E-state index in [0.717, 1.165) is 0 Å². The van der Waals surface area contributed by atoms with Crippen LogP contribution >= 0.6 is 0 Å². The summed E-state index contributed by atoms with van der Waals surface area (Å²) in [6.45, 7) is 0. The lowest BCUT2D eigenvalue weighted by atomic mass is 9.82. The Balaban J connectivity index is 2.42. The number of ether oxygens (including phenoxy) is 2. The number of Topliss-reactive ketones (excluding diaryl/α,β-unsaturated/α-hetero) is 1. The molecule has 7 heteroatoms. The van der Waals surface area contributed by atoms with Crippen molar-refractivity contribution in [1.82, 2.24) is 9.55 Å². The van der Waals surface area contributed by atoms with E-state index in [4.69, 9.17) is 9.47 Å². The minimum Gasteiger partial charge on any atom is -0.468 e. The Morgan fingerprint density at radius 3 is 2.16 bits per heavy atom. The zero-order chi connectivity index (χ0) is 18.4. The van der Waals surface area contributed by atoms with Crippen molar-refractivity contribution in [2.75, 3.05) is 14.2 Å². The van der Waals surface area contributed by atoms with E-state index in [9.17, 15) is 14.4 Å². The number of carbonyl (C=O) groups excluding carboxylic acids is 3. The summed E-state index contributed by atoms with van der Waals surface area (Å²) in [6, 6.07) is 8.88. The van der Waals surface area contributed by atoms with Gasteiger partial charge in [-0.25, -0.2) is 4.98 Å². The zero-order valence-electron chi connectivity index (χ0n) is 14.3. The zero-order valence-corrected chi connectivity index (χ0v) is 14.3. The summed E-state index contributed by atoms with van der Waals surface area (Å²) >= 11 is 0. The van der Waals surface area contributed by atoms with Crippen molar-refractivity contribution in [3.63, 3.8) is 0 Å². The second-order valence-corrected chi connectivity index (χ2v) is 5.53. The Morgan fingerprint density at radius 1 is 1.08 bits per heavy atom. The van der Waals surface area contributed by atoms with Crippen LogP contribution in [0.5, 0.6) is 0 Å². The van der Waals surface area contributed by atoms with E-state index in [-0.39, 0.29) is 18.0 Å². The third-order valence-corrected chi connectivity index (χ3v) is 4.02. The third-order valence-electron chi connectivity index (χ3n) is 4.02. The van der Waals surface area contributed by atoms with E-state index >= 15 is 0 Å². The van der Waals surface area contributed by atoms with Gasteiger partial charge in [-0.3, -0.25) is 14.4 Å². The molecule has 0 aliphatic rings. The van der Waals surface area contributed by atoms with E-state index in [2.05, 4.69) is 4.98 Å². The maximum atomic E-state index is 12.6. The summed E-state index contributed by atoms with van der Waals surface area (Å²) in [4.78, 5) is 41.1. The fraction of sp³-hybridized carbons (Fsp3) is 0.333. The Kier molecular flexibility index (Phi) is 6.05. The van der Waals surface area contributed by atoms with Crippen LogP contribution in [0.3, 0.4) is 0 Å². The standard InChI is InChI=1S/C18H20N2O5/c1-20-10-9-19-16(20)14(21)11-13(12-7-5-4-6-8-12)15(17(22)24-2)18(23)25-3/h4-10,13,15H,11H2,1-3H3/t13-/m0/s1. The highest BCUT2D eigenvalue weighted by atomic mass is 16.5. The van der Waals surface area contributed by atoms with Gasteiger partial charge in [0.25, 0.3) is 0 Å². The van der Waals surface area contributed by atoms with Gasteiger partial charge >= 0.3 is 11.9 Å². The van der Waals surface area contributed by atoms with Crippen LogP contribution in [0.2, 0.25) is 0 Å². The average Bonchev–Trinajstić information content (AvgIpc) is 3.07. The monoisotopic (exact) mass is 344 g/mol. The number of aromatic nitrogens is 2. The molecule has 7 nitrogen and oxygen atoms in total. The van der Waals surface area contributed by atoms with Gasteiger partial charge in [0.15, 0.2) is 17.5 Å². The summed E-state index contributed by atoms with van der Waals surface area (Å²) < 4.78 is 11.1. The Morgan fingerprint density at radius 2 is 1.68 bits per heavy atom. The highest BCUT2D eigenvalue weighted by molar-refractivity contribution is 5.98.